The van der Waals surface area contributed by atoms with Crippen LogP contribution in [0.3, 0.4) is 0 Å². The van der Waals surface area contributed by atoms with Crippen LogP contribution in [0.15, 0.2) is 30.3 Å². The predicted octanol–water partition coefficient (Wildman–Crippen LogP) is 3.29. The summed E-state index contributed by atoms with van der Waals surface area (Å²) >= 11 is 5.69. The predicted molar refractivity (Wildman–Crippen MR) is 102 cm³/mol. The van der Waals surface area contributed by atoms with Gasteiger partial charge in [-0.1, -0.05) is 30.3 Å². The van der Waals surface area contributed by atoms with Crippen molar-refractivity contribution in [3.05, 3.63) is 35.9 Å². The largest absolute Gasteiger partial charge is 0.466 e. The molecule has 6 nitrogen and oxygen atoms in total. The number of carbonyl (C=O) groups is 2. The number of hydrogen-bond acceptors (Lipinski definition) is 5. The molecule has 0 bridgehead atoms. The maximum Gasteiger partial charge on any atom is 0.407 e. The van der Waals surface area contributed by atoms with Crippen LogP contribution in [0.25, 0.3) is 0 Å². The summed E-state index contributed by atoms with van der Waals surface area (Å²) in [5.41, 5.74) is 0.436. The number of rotatable bonds is 6. The molecule has 26 heavy (non-hydrogen) atoms. The number of hydrogen-bond donors (Lipinski definition) is 2. The highest BCUT2D eigenvalue weighted by atomic mass is 35.5. The summed E-state index contributed by atoms with van der Waals surface area (Å²) < 4.78 is 9.60. The summed E-state index contributed by atoms with van der Waals surface area (Å²) in [6.07, 6.45) is -0.888. The Hall–Kier alpha value is -1.79. The van der Waals surface area contributed by atoms with E-state index in [1.807, 2.05) is 30.3 Å². The second-order valence-electron chi connectivity index (χ2n) is 6.59. The van der Waals surface area contributed by atoms with Gasteiger partial charge in [-0.05, 0) is 39.7 Å². The Morgan fingerprint density at radius 2 is 1.81 bits per heavy atom. The molecule has 2 atom stereocenters. The molecule has 0 heterocycles. The first-order valence-corrected chi connectivity index (χ1v) is 9.03. The number of benzene rings is 1. The average Bonchev–Trinajstić information content (AvgIpc) is 2.53. The normalized spacial score (nSPS) is 12.9. The van der Waals surface area contributed by atoms with Gasteiger partial charge in [0.15, 0.2) is 0 Å². The van der Waals surface area contributed by atoms with Crippen molar-refractivity contribution < 1.29 is 24.2 Å². The van der Waals surface area contributed by atoms with Gasteiger partial charge in [0.25, 0.3) is 0 Å². The number of ether oxygens (including phenoxy) is 2. The van der Waals surface area contributed by atoms with Crippen molar-refractivity contribution in [2.75, 3.05) is 12.5 Å². The van der Waals surface area contributed by atoms with Crippen LogP contribution >= 0.6 is 11.6 Å². The Morgan fingerprint density at radius 1 is 1.23 bits per heavy atom. The highest BCUT2D eigenvalue weighted by molar-refractivity contribution is 6.18. The third-order valence-electron chi connectivity index (χ3n) is 2.97. The molecule has 1 rings (SSSR count). The molecule has 0 radical (unpaired) electrons. The molecule has 1 amide bonds. The quantitative estimate of drug-likeness (QED) is 0.578. The first-order chi connectivity index (χ1) is 12.1. The van der Waals surface area contributed by atoms with Crippen LogP contribution in [-0.4, -0.2) is 47.4 Å². The van der Waals surface area contributed by atoms with E-state index in [1.54, 1.807) is 27.7 Å². The van der Waals surface area contributed by atoms with Crippen molar-refractivity contribution in [1.82, 2.24) is 5.32 Å². The molecule has 7 heteroatoms. The Labute approximate surface area is 160 Å². The number of esters is 1. The number of carbonyl (C=O) groups excluding carboxylic acids is 2. The van der Waals surface area contributed by atoms with E-state index in [4.69, 9.17) is 16.3 Å². The topological polar surface area (TPSA) is 84.9 Å². The highest BCUT2D eigenvalue weighted by Crippen LogP contribution is 2.10. The standard InChI is InChI=1S/C15H22ClNO3.C4H8O2/c1-15(2,3)20-14(19)17-12(13(18)10-16)9-11-7-5-4-6-8-11;1-3-6-4(2)5/h4-8,12-13,18H,9-10H2,1-3H3,(H,17,19);3H2,1-2H3/t12-,13+;/m0./s1. The van der Waals surface area contributed by atoms with Gasteiger partial charge in [-0.3, -0.25) is 4.79 Å². The Bertz CT molecular complexity index is 530. The molecular formula is C19H30ClNO5. The van der Waals surface area contributed by atoms with Gasteiger partial charge >= 0.3 is 12.1 Å². The van der Waals surface area contributed by atoms with E-state index in [0.29, 0.717) is 13.0 Å². The van der Waals surface area contributed by atoms with Crippen molar-refractivity contribution in [3.63, 3.8) is 0 Å². The average molecular weight is 388 g/mol. The molecule has 2 N–H and O–H groups in total. The molecule has 0 saturated heterocycles. The van der Waals surface area contributed by atoms with Gasteiger partial charge in [0.1, 0.15) is 5.60 Å². The van der Waals surface area contributed by atoms with Gasteiger partial charge < -0.3 is 19.9 Å². The third kappa shape index (κ3) is 12.6. The SMILES string of the molecule is CC(C)(C)OC(=O)N[C@@H](Cc1ccccc1)[C@H](O)CCl.CCOC(C)=O. The summed E-state index contributed by atoms with van der Waals surface area (Å²) in [6.45, 7) is 9.02. The second kappa shape index (κ2) is 12.5. The van der Waals surface area contributed by atoms with Crippen molar-refractivity contribution in [1.29, 1.82) is 0 Å². The molecule has 148 valence electrons. The fraction of sp³-hybridized carbons (Fsp3) is 0.579. The fourth-order valence-electron chi connectivity index (χ4n) is 1.92. The van der Waals surface area contributed by atoms with Crippen LogP contribution in [-0.2, 0) is 20.7 Å². The lowest BCUT2D eigenvalue weighted by Gasteiger charge is -2.26. The van der Waals surface area contributed by atoms with Crippen LogP contribution in [0.1, 0.15) is 40.2 Å². The number of nitrogens with one attached hydrogen (secondary N) is 1. The van der Waals surface area contributed by atoms with E-state index in [-0.39, 0.29) is 11.8 Å². The zero-order valence-electron chi connectivity index (χ0n) is 16.1. The van der Waals surface area contributed by atoms with Crippen molar-refractivity contribution in [2.24, 2.45) is 0 Å². The molecule has 0 aliphatic heterocycles. The number of aliphatic hydroxyl groups excluding tert-OH is 1. The Balaban J connectivity index is 0.000000896. The van der Waals surface area contributed by atoms with E-state index in [2.05, 4.69) is 10.1 Å². The molecule has 0 fully saturated rings. The van der Waals surface area contributed by atoms with Gasteiger partial charge in [0, 0.05) is 6.92 Å². The van der Waals surface area contributed by atoms with E-state index < -0.39 is 23.8 Å². The van der Waals surface area contributed by atoms with Crippen LogP contribution in [0.4, 0.5) is 4.79 Å². The first-order valence-electron chi connectivity index (χ1n) is 8.49. The monoisotopic (exact) mass is 387 g/mol. The van der Waals surface area contributed by atoms with Crippen molar-refractivity contribution in [3.8, 4) is 0 Å². The van der Waals surface area contributed by atoms with E-state index in [1.165, 1.54) is 6.92 Å². The van der Waals surface area contributed by atoms with Gasteiger partial charge in [0.2, 0.25) is 0 Å². The van der Waals surface area contributed by atoms with Crippen LogP contribution in [0.2, 0.25) is 0 Å². The van der Waals surface area contributed by atoms with Crippen LogP contribution in [0, 0.1) is 0 Å². The molecule has 1 aromatic rings. The lowest BCUT2D eigenvalue weighted by molar-refractivity contribution is -0.140. The summed E-state index contributed by atoms with van der Waals surface area (Å²) in [6, 6.07) is 9.12. The molecule has 0 spiro atoms. The van der Waals surface area contributed by atoms with Gasteiger partial charge in [-0.2, -0.15) is 0 Å². The lowest BCUT2D eigenvalue weighted by Crippen LogP contribution is -2.47. The number of alkyl halides is 1. The minimum Gasteiger partial charge on any atom is -0.466 e. The summed E-state index contributed by atoms with van der Waals surface area (Å²) in [5.74, 6) is -0.162. The fourth-order valence-corrected chi connectivity index (χ4v) is 2.14. The zero-order valence-corrected chi connectivity index (χ0v) is 16.9. The summed E-state index contributed by atoms with van der Waals surface area (Å²) in [7, 11) is 0. The number of halogens is 1. The van der Waals surface area contributed by atoms with Gasteiger partial charge in [-0.15, -0.1) is 11.6 Å². The molecule has 0 saturated carbocycles. The molecule has 1 aromatic carbocycles. The summed E-state index contributed by atoms with van der Waals surface area (Å²) in [4.78, 5) is 21.6. The third-order valence-corrected chi connectivity index (χ3v) is 3.29. The van der Waals surface area contributed by atoms with Gasteiger partial charge in [-0.25, -0.2) is 4.79 Å². The van der Waals surface area contributed by atoms with Crippen LogP contribution in [0.5, 0.6) is 0 Å². The van der Waals surface area contributed by atoms with Crippen molar-refractivity contribution >= 4 is 23.7 Å². The smallest absolute Gasteiger partial charge is 0.407 e. The van der Waals surface area contributed by atoms with Gasteiger partial charge in [0.05, 0.1) is 24.6 Å². The van der Waals surface area contributed by atoms with E-state index in [0.717, 1.165) is 5.56 Å². The summed E-state index contributed by atoms with van der Waals surface area (Å²) in [5, 5.41) is 12.6. The number of alkyl carbamates (subject to hydrolysis) is 1. The van der Waals surface area contributed by atoms with E-state index >= 15 is 0 Å². The molecule has 0 aliphatic rings. The van der Waals surface area contributed by atoms with Crippen molar-refractivity contribution in [2.45, 2.75) is 58.8 Å². The second-order valence-corrected chi connectivity index (χ2v) is 6.90. The van der Waals surface area contributed by atoms with Crippen LogP contribution < -0.4 is 5.32 Å². The number of amides is 1. The Kier molecular flexibility index (Phi) is 11.7. The maximum atomic E-state index is 11.8. The van der Waals surface area contributed by atoms with E-state index in [9.17, 15) is 14.7 Å². The number of aliphatic hydroxyl groups is 1. The minimum atomic E-state index is -0.829. The highest BCUT2D eigenvalue weighted by Gasteiger charge is 2.24. The zero-order chi connectivity index (χ0) is 20.2. The Morgan fingerprint density at radius 3 is 2.19 bits per heavy atom. The molecule has 0 unspecified atom stereocenters. The first kappa shape index (κ1) is 24.2. The molecule has 0 aliphatic carbocycles. The lowest BCUT2D eigenvalue weighted by atomic mass is 10.0. The molecular weight excluding hydrogens is 358 g/mol. The molecule has 0 aromatic heterocycles. The maximum absolute atomic E-state index is 11.8. The minimum absolute atomic E-state index is 0.0489.